The maximum atomic E-state index is 12.4. The number of carbonyl (C=O) groups excluding carboxylic acids is 1. The van der Waals surface area contributed by atoms with Crippen molar-refractivity contribution in [1.29, 1.82) is 0 Å². The van der Waals surface area contributed by atoms with Gasteiger partial charge in [-0.25, -0.2) is 0 Å². The second-order valence-electron chi connectivity index (χ2n) is 6.37. The van der Waals surface area contributed by atoms with Crippen molar-refractivity contribution in [1.82, 2.24) is 9.88 Å². The van der Waals surface area contributed by atoms with Crippen molar-refractivity contribution in [3.8, 4) is 0 Å². The maximum absolute atomic E-state index is 12.4. The summed E-state index contributed by atoms with van der Waals surface area (Å²) < 4.78 is 1.86. The summed E-state index contributed by atoms with van der Waals surface area (Å²) in [5, 5.41) is 14.0. The number of nitrogens with zero attached hydrogens (tertiary/aromatic N) is 1. The molecule has 1 heterocycles. The third-order valence-electron chi connectivity index (χ3n) is 4.22. The minimum absolute atomic E-state index is 0.166. The lowest BCUT2D eigenvalue weighted by atomic mass is 9.94. The van der Waals surface area contributed by atoms with Crippen LogP contribution in [0.15, 0.2) is 12.3 Å². The first-order chi connectivity index (χ1) is 9.91. The van der Waals surface area contributed by atoms with Gasteiger partial charge in [-0.3, -0.25) is 4.79 Å². The first kappa shape index (κ1) is 16.4. The fourth-order valence-electron chi connectivity index (χ4n) is 2.95. The van der Waals surface area contributed by atoms with E-state index in [0.717, 1.165) is 25.7 Å². The van der Waals surface area contributed by atoms with E-state index >= 15 is 0 Å². The lowest BCUT2D eigenvalue weighted by Gasteiger charge is -2.27. The number of nitrogens with one attached hydrogen (secondary N) is 1. The molecule has 4 nitrogen and oxygen atoms in total. The molecular formula is C16H25ClN2O2. The van der Waals surface area contributed by atoms with Crippen LogP contribution in [0.5, 0.6) is 0 Å². The fourth-order valence-corrected chi connectivity index (χ4v) is 3.16. The van der Waals surface area contributed by atoms with Gasteiger partial charge in [-0.15, -0.1) is 0 Å². The van der Waals surface area contributed by atoms with Gasteiger partial charge in [0.05, 0.1) is 10.6 Å². The number of hydrogen-bond acceptors (Lipinski definition) is 2. The minimum atomic E-state index is -0.759. The molecule has 1 aliphatic carbocycles. The van der Waals surface area contributed by atoms with E-state index in [1.165, 1.54) is 12.8 Å². The van der Waals surface area contributed by atoms with E-state index in [1.807, 2.05) is 18.4 Å². The zero-order valence-corrected chi connectivity index (χ0v) is 13.6. The predicted octanol–water partition coefficient (Wildman–Crippen LogP) is 3.54. The molecule has 2 N–H and O–H groups in total. The van der Waals surface area contributed by atoms with E-state index in [0.29, 0.717) is 17.3 Å². The van der Waals surface area contributed by atoms with Crippen molar-refractivity contribution in [3.63, 3.8) is 0 Å². The molecule has 0 aromatic carbocycles. The molecule has 1 saturated carbocycles. The van der Waals surface area contributed by atoms with Gasteiger partial charge in [-0.1, -0.05) is 37.3 Å². The molecule has 21 heavy (non-hydrogen) atoms. The summed E-state index contributed by atoms with van der Waals surface area (Å²) in [7, 11) is 0. The van der Waals surface area contributed by atoms with Crippen LogP contribution in [-0.2, 0) is 0 Å². The van der Waals surface area contributed by atoms with Crippen LogP contribution in [-0.4, -0.2) is 27.7 Å². The maximum Gasteiger partial charge on any atom is 0.268 e. The van der Waals surface area contributed by atoms with E-state index in [1.54, 1.807) is 12.3 Å². The summed E-state index contributed by atoms with van der Waals surface area (Å²) in [6.45, 7) is 4.32. The van der Waals surface area contributed by atoms with E-state index in [4.69, 9.17) is 11.6 Å². The molecule has 1 fully saturated rings. The molecule has 0 saturated heterocycles. The first-order valence-electron chi connectivity index (χ1n) is 7.79. The molecule has 5 heteroatoms. The highest BCUT2D eigenvalue weighted by molar-refractivity contribution is 6.31. The average molecular weight is 313 g/mol. The Hall–Kier alpha value is -1.00. The molecule has 0 spiro atoms. The third kappa shape index (κ3) is 4.24. The number of aliphatic hydroxyl groups is 1. The van der Waals surface area contributed by atoms with Gasteiger partial charge in [-0.2, -0.15) is 0 Å². The molecule has 0 radical (unpaired) electrons. The van der Waals surface area contributed by atoms with Gasteiger partial charge in [0.2, 0.25) is 0 Å². The molecule has 0 unspecified atom stereocenters. The van der Waals surface area contributed by atoms with Gasteiger partial charge in [0.25, 0.3) is 5.91 Å². The molecule has 1 aromatic heterocycles. The van der Waals surface area contributed by atoms with Gasteiger partial charge < -0.3 is 15.0 Å². The zero-order chi connectivity index (χ0) is 15.5. The van der Waals surface area contributed by atoms with Crippen molar-refractivity contribution in [2.24, 2.45) is 0 Å². The van der Waals surface area contributed by atoms with Crippen LogP contribution in [0.2, 0.25) is 5.02 Å². The Kier molecular flexibility index (Phi) is 5.33. The van der Waals surface area contributed by atoms with E-state index in [9.17, 15) is 9.90 Å². The van der Waals surface area contributed by atoms with Gasteiger partial charge in [0.1, 0.15) is 5.69 Å². The molecule has 1 aliphatic rings. The number of carbonyl (C=O) groups is 1. The topological polar surface area (TPSA) is 54.3 Å². The first-order valence-corrected chi connectivity index (χ1v) is 8.17. The highest BCUT2D eigenvalue weighted by Crippen LogP contribution is 2.26. The van der Waals surface area contributed by atoms with Crippen molar-refractivity contribution in [3.05, 3.63) is 23.0 Å². The highest BCUT2D eigenvalue weighted by atomic mass is 35.5. The second-order valence-corrected chi connectivity index (χ2v) is 6.80. The Labute approximate surface area is 131 Å². The number of amides is 1. The lowest BCUT2D eigenvalue weighted by Crippen LogP contribution is -2.43. The minimum Gasteiger partial charge on any atom is -0.388 e. The van der Waals surface area contributed by atoms with Crippen LogP contribution in [0.4, 0.5) is 0 Å². The molecule has 1 aromatic rings. The number of halogens is 1. The van der Waals surface area contributed by atoms with Gasteiger partial charge >= 0.3 is 0 Å². The lowest BCUT2D eigenvalue weighted by molar-refractivity contribution is 0.0245. The van der Waals surface area contributed by atoms with Gasteiger partial charge in [-0.05, 0) is 32.8 Å². The largest absolute Gasteiger partial charge is 0.388 e. The molecule has 0 atom stereocenters. The van der Waals surface area contributed by atoms with Crippen LogP contribution in [0.25, 0.3) is 0 Å². The standard InChI is InChI=1S/C16H25ClN2O2/c1-12(2)19-10-13(17)9-14(19)15(20)18-11-16(21)7-5-3-4-6-8-16/h9-10,12,21H,3-8,11H2,1-2H3,(H,18,20). The SMILES string of the molecule is CC(C)n1cc(Cl)cc1C(=O)NCC1(O)CCCCCC1. The summed E-state index contributed by atoms with van der Waals surface area (Å²) >= 11 is 6.00. The van der Waals surface area contributed by atoms with Gasteiger partial charge in [0, 0.05) is 18.8 Å². The summed E-state index contributed by atoms with van der Waals surface area (Å²) in [6, 6.07) is 1.84. The molecular weight excluding hydrogens is 288 g/mol. The van der Waals surface area contributed by atoms with Crippen molar-refractivity contribution < 1.29 is 9.90 Å². The second kappa shape index (κ2) is 6.84. The monoisotopic (exact) mass is 312 g/mol. The molecule has 118 valence electrons. The Morgan fingerprint density at radius 2 is 2.00 bits per heavy atom. The summed E-state index contributed by atoms with van der Waals surface area (Å²) in [5.74, 6) is -0.173. The molecule has 1 amide bonds. The van der Waals surface area contributed by atoms with Crippen molar-refractivity contribution >= 4 is 17.5 Å². The van der Waals surface area contributed by atoms with Crippen molar-refractivity contribution in [2.45, 2.75) is 64.0 Å². The Bertz CT molecular complexity index is 488. The molecule has 0 aliphatic heterocycles. The van der Waals surface area contributed by atoms with Crippen LogP contribution in [0.1, 0.15) is 68.9 Å². The van der Waals surface area contributed by atoms with Crippen LogP contribution in [0, 0.1) is 0 Å². The summed E-state index contributed by atoms with van der Waals surface area (Å²) in [4.78, 5) is 12.4. The van der Waals surface area contributed by atoms with E-state index in [-0.39, 0.29) is 11.9 Å². The summed E-state index contributed by atoms with van der Waals surface area (Å²) in [5.41, 5.74) is -0.210. The summed E-state index contributed by atoms with van der Waals surface area (Å²) in [6.07, 6.45) is 7.69. The predicted molar refractivity (Wildman–Crippen MR) is 84.8 cm³/mol. The van der Waals surface area contributed by atoms with E-state index in [2.05, 4.69) is 5.32 Å². The van der Waals surface area contributed by atoms with Crippen LogP contribution < -0.4 is 5.32 Å². The number of aromatic nitrogens is 1. The Morgan fingerprint density at radius 1 is 1.38 bits per heavy atom. The zero-order valence-electron chi connectivity index (χ0n) is 12.9. The third-order valence-corrected chi connectivity index (χ3v) is 4.42. The number of rotatable bonds is 4. The van der Waals surface area contributed by atoms with E-state index < -0.39 is 5.60 Å². The molecule has 0 bridgehead atoms. The fraction of sp³-hybridized carbons (Fsp3) is 0.688. The van der Waals surface area contributed by atoms with Crippen LogP contribution >= 0.6 is 11.6 Å². The van der Waals surface area contributed by atoms with Crippen molar-refractivity contribution in [2.75, 3.05) is 6.54 Å². The highest BCUT2D eigenvalue weighted by Gasteiger charge is 2.29. The number of hydrogen-bond donors (Lipinski definition) is 2. The average Bonchev–Trinajstić information content (AvgIpc) is 2.69. The van der Waals surface area contributed by atoms with Gasteiger partial charge in [0.15, 0.2) is 0 Å². The normalized spacial score (nSPS) is 18.5. The smallest absolute Gasteiger partial charge is 0.268 e. The quantitative estimate of drug-likeness (QED) is 0.836. The Balaban J connectivity index is 2.01. The molecule has 2 rings (SSSR count). The Morgan fingerprint density at radius 3 is 2.57 bits per heavy atom. The van der Waals surface area contributed by atoms with Crippen LogP contribution in [0.3, 0.4) is 0 Å².